The molecule has 0 saturated heterocycles. The summed E-state index contributed by atoms with van der Waals surface area (Å²) in [7, 11) is 0. The number of anilines is 1. The van der Waals surface area contributed by atoms with Crippen LogP contribution in [-0.2, 0) is 0 Å². The summed E-state index contributed by atoms with van der Waals surface area (Å²) in [6.45, 7) is 4.28. The smallest absolute Gasteiger partial charge is 0.130 e. The van der Waals surface area contributed by atoms with E-state index >= 15 is 0 Å². The second kappa shape index (κ2) is 4.72. The molecule has 0 aliphatic heterocycles. The third-order valence-corrected chi connectivity index (χ3v) is 3.24. The molecule has 0 bridgehead atoms. The van der Waals surface area contributed by atoms with E-state index in [0.29, 0.717) is 16.1 Å². The van der Waals surface area contributed by atoms with E-state index in [1.807, 2.05) is 0 Å². The van der Waals surface area contributed by atoms with Gasteiger partial charge in [0.2, 0.25) is 0 Å². The Morgan fingerprint density at radius 3 is 2.92 bits per heavy atom. The molecule has 2 nitrogen and oxygen atoms in total. The van der Waals surface area contributed by atoms with Gasteiger partial charge in [-0.2, -0.15) is 0 Å². The third kappa shape index (κ3) is 3.08. The van der Waals surface area contributed by atoms with Crippen LogP contribution in [-0.4, -0.2) is 10.2 Å². The summed E-state index contributed by atoms with van der Waals surface area (Å²) in [5.41, 5.74) is 6.45. The Hall–Kier alpha value is -0.410. The first-order valence-electron chi connectivity index (χ1n) is 4.22. The lowest BCUT2D eigenvalue weighted by Crippen LogP contribution is -1.97. The van der Waals surface area contributed by atoms with Crippen molar-refractivity contribution in [1.29, 1.82) is 0 Å². The van der Waals surface area contributed by atoms with Crippen molar-refractivity contribution in [3.05, 3.63) is 17.3 Å². The molecule has 72 valence electrons. The van der Waals surface area contributed by atoms with E-state index in [0.717, 1.165) is 11.4 Å². The Morgan fingerprint density at radius 1 is 1.62 bits per heavy atom. The van der Waals surface area contributed by atoms with Crippen LogP contribution in [0.1, 0.15) is 20.3 Å². The number of pyridine rings is 1. The lowest BCUT2D eigenvalue weighted by Gasteiger charge is -2.09. The minimum Gasteiger partial charge on any atom is -0.397 e. The molecule has 1 aromatic heterocycles. The molecule has 1 unspecified atom stereocenters. The Bertz CT molecular complexity index is 291. The van der Waals surface area contributed by atoms with Gasteiger partial charge in [0, 0.05) is 5.25 Å². The molecule has 0 aliphatic carbocycles. The summed E-state index contributed by atoms with van der Waals surface area (Å²) in [6, 6.07) is 3.50. The van der Waals surface area contributed by atoms with E-state index in [1.165, 1.54) is 0 Å². The summed E-state index contributed by atoms with van der Waals surface area (Å²) < 4.78 is 0. The highest BCUT2D eigenvalue weighted by Gasteiger charge is 2.07. The minimum absolute atomic E-state index is 0.500. The van der Waals surface area contributed by atoms with Crippen LogP contribution in [0.2, 0.25) is 5.15 Å². The van der Waals surface area contributed by atoms with Crippen LogP contribution in [0.4, 0.5) is 5.69 Å². The zero-order valence-corrected chi connectivity index (χ0v) is 9.32. The predicted octanol–water partition coefficient (Wildman–Crippen LogP) is 3.21. The minimum atomic E-state index is 0.500. The molecule has 2 N–H and O–H groups in total. The van der Waals surface area contributed by atoms with Crippen molar-refractivity contribution in [2.45, 2.75) is 30.5 Å². The zero-order chi connectivity index (χ0) is 9.84. The van der Waals surface area contributed by atoms with Crippen LogP contribution in [0.25, 0.3) is 0 Å². The highest BCUT2D eigenvalue weighted by atomic mass is 35.5. The van der Waals surface area contributed by atoms with Gasteiger partial charge in [0.25, 0.3) is 0 Å². The van der Waals surface area contributed by atoms with E-state index in [-0.39, 0.29) is 0 Å². The van der Waals surface area contributed by atoms with Gasteiger partial charge in [-0.15, -0.1) is 11.8 Å². The summed E-state index contributed by atoms with van der Waals surface area (Å²) in [5, 5.41) is 1.86. The average Bonchev–Trinajstić information content (AvgIpc) is 2.11. The van der Waals surface area contributed by atoms with Crippen LogP contribution in [0, 0.1) is 0 Å². The predicted molar refractivity (Wildman–Crippen MR) is 59.3 cm³/mol. The Labute approximate surface area is 87.9 Å². The monoisotopic (exact) mass is 216 g/mol. The van der Waals surface area contributed by atoms with E-state index < -0.39 is 0 Å². The van der Waals surface area contributed by atoms with Gasteiger partial charge < -0.3 is 5.73 Å². The molecule has 4 heteroatoms. The topological polar surface area (TPSA) is 38.9 Å². The summed E-state index contributed by atoms with van der Waals surface area (Å²) >= 11 is 7.43. The van der Waals surface area contributed by atoms with Gasteiger partial charge in [0.05, 0.1) is 5.69 Å². The van der Waals surface area contributed by atoms with Crippen molar-refractivity contribution in [2.75, 3.05) is 5.73 Å². The zero-order valence-electron chi connectivity index (χ0n) is 7.75. The summed E-state index contributed by atoms with van der Waals surface area (Å²) in [6.07, 6.45) is 1.10. The molecule has 1 atom stereocenters. The van der Waals surface area contributed by atoms with E-state index in [1.54, 1.807) is 23.9 Å². The highest BCUT2D eigenvalue weighted by Crippen LogP contribution is 2.29. The average molecular weight is 217 g/mol. The SMILES string of the molecule is CCC(C)Sc1nc(Cl)ccc1N. The molecular formula is C9H13ClN2S. The molecule has 0 aromatic carbocycles. The van der Waals surface area contributed by atoms with Crippen LogP contribution in [0.15, 0.2) is 17.2 Å². The molecule has 1 heterocycles. The van der Waals surface area contributed by atoms with Gasteiger partial charge in [-0.25, -0.2) is 4.98 Å². The third-order valence-electron chi connectivity index (χ3n) is 1.74. The number of halogens is 1. The molecule has 0 fully saturated rings. The molecule has 0 amide bonds. The van der Waals surface area contributed by atoms with Crippen LogP contribution < -0.4 is 5.73 Å². The second-order valence-corrected chi connectivity index (χ2v) is 4.68. The van der Waals surface area contributed by atoms with Gasteiger partial charge in [0.1, 0.15) is 10.2 Å². The number of thioether (sulfide) groups is 1. The van der Waals surface area contributed by atoms with E-state index in [2.05, 4.69) is 18.8 Å². The number of nitrogen functional groups attached to an aromatic ring is 1. The summed E-state index contributed by atoms with van der Waals surface area (Å²) in [4.78, 5) is 4.16. The quantitative estimate of drug-likeness (QED) is 0.623. The first-order valence-corrected chi connectivity index (χ1v) is 5.48. The maximum atomic E-state index is 5.76. The first kappa shape index (κ1) is 10.7. The largest absolute Gasteiger partial charge is 0.397 e. The van der Waals surface area contributed by atoms with Gasteiger partial charge in [0.15, 0.2) is 0 Å². The number of hydrogen-bond donors (Lipinski definition) is 1. The normalized spacial score (nSPS) is 12.8. The molecule has 13 heavy (non-hydrogen) atoms. The molecular weight excluding hydrogens is 204 g/mol. The Morgan fingerprint density at radius 2 is 2.31 bits per heavy atom. The maximum absolute atomic E-state index is 5.76. The van der Waals surface area contributed by atoms with Gasteiger partial charge in [-0.3, -0.25) is 0 Å². The Kier molecular flexibility index (Phi) is 3.88. The number of nitrogens with two attached hydrogens (primary N) is 1. The van der Waals surface area contributed by atoms with Gasteiger partial charge in [-0.1, -0.05) is 25.4 Å². The number of hydrogen-bond acceptors (Lipinski definition) is 3. The van der Waals surface area contributed by atoms with E-state index in [4.69, 9.17) is 17.3 Å². The molecule has 0 spiro atoms. The van der Waals surface area contributed by atoms with Crippen molar-refractivity contribution < 1.29 is 0 Å². The first-order chi connectivity index (χ1) is 6.13. The molecule has 0 saturated carbocycles. The maximum Gasteiger partial charge on any atom is 0.130 e. The summed E-state index contributed by atoms with van der Waals surface area (Å²) in [5.74, 6) is 0. The highest BCUT2D eigenvalue weighted by molar-refractivity contribution is 8.00. The molecule has 0 radical (unpaired) electrons. The van der Waals surface area contributed by atoms with Gasteiger partial charge in [-0.05, 0) is 18.6 Å². The fraction of sp³-hybridized carbons (Fsp3) is 0.444. The standard InChI is InChI=1S/C9H13ClN2S/c1-3-6(2)13-9-7(11)4-5-8(10)12-9/h4-6H,3,11H2,1-2H3. The van der Waals surface area contributed by atoms with Crippen molar-refractivity contribution in [3.8, 4) is 0 Å². The van der Waals surface area contributed by atoms with Crippen molar-refractivity contribution in [3.63, 3.8) is 0 Å². The van der Waals surface area contributed by atoms with Crippen LogP contribution in [0.3, 0.4) is 0 Å². The van der Waals surface area contributed by atoms with Crippen molar-refractivity contribution in [2.24, 2.45) is 0 Å². The van der Waals surface area contributed by atoms with Crippen LogP contribution in [0.5, 0.6) is 0 Å². The lowest BCUT2D eigenvalue weighted by atomic mass is 10.4. The Balaban J connectivity index is 2.81. The van der Waals surface area contributed by atoms with Crippen molar-refractivity contribution >= 4 is 29.1 Å². The van der Waals surface area contributed by atoms with Crippen molar-refractivity contribution in [1.82, 2.24) is 4.98 Å². The second-order valence-electron chi connectivity index (χ2n) is 2.87. The fourth-order valence-electron chi connectivity index (χ4n) is 0.797. The van der Waals surface area contributed by atoms with Crippen LogP contribution >= 0.6 is 23.4 Å². The number of nitrogens with zero attached hydrogens (tertiary/aromatic N) is 1. The fourth-order valence-corrected chi connectivity index (χ4v) is 1.90. The van der Waals surface area contributed by atoms with E-state index in [9.17, 15) is 0 Å². The number of aromatic nitrogens is 1. The molecule has 1 aromatic rings. The van der Waals surface area contributed by atoms with Gasteiger partial charge >= 0.3 is 0 Å². The lowest BCUT2D eigenvalue weighted by molar-refractivity contribution is 0.901. The number of rotatable bonds is 3. The molecule has 1 rings (SSSR count). The molecule has 0 aliphatic rings.